The van der Waals surface area contributed by atoms with E-state index in [4.69, 9.17) is 45.2 Å². The molecular weight excluding hydrogens is 1210 g/mol. The molecule has 12 amide bonds. The van der Waals surface area contributed by atoms with Gasteiger partial charge in [-0.2, -0.15) is 0 Å². The van der Waals surface area contributed by atoms with Crippen LogP contribution in [0.3, 0.4) is 0 Å². The molecule has 27 N–H and O–H groups in total. The number of carbonyl (C=O) groups is 14. The summed E-state index contributed by atoms with van der Waals surface area (Å²) in [6.45, 7) is 12.8. The molecule has 0 aliphatic rings. The number of carboxylic acid groups (broad SMARTS) is 2. The Morgan fingerprint density at radius 2 is 0.815 bits per heavy atom. The summed E-state index contributed by atoms with van der Waals surface area (Å²) in [5.74, 6) is -15.6. The Morgan fingerprint density at radius 1 is 0.424 bits per heavy atom. The zero-order valence-electron chi connectivity index (χ0n) is 54.1. The van der Waals surface area contributed by atoms with Gasteiger partial charge in [0.25, 0.3) is 0 Å². The molecule has 0 aliphatic carbocycles. The highest BCUT2D eigenvalue weighted by atomic mass is 16.4. The highest BCUT2D eigenvalue weighted by molar-refractivity contribution is 5.99. The predicted molar refractivity (Wildman–Crippen MR) is 335 cm³/mol. The van der Waals surface area contributed by atoms with Crippen molar-refractivity contribution in [2.24, 2.45) is 62.9 Å². The SMILES string of the molecule is CC[C@H](C)[C@H](NC(=O)[C@H](CCC(N)=O)NC(=O)[C@@H](N)CCCN=C(N)N)C(=O)N[C@@H](CCCCN)C(=O)N[C@@H](CCCCN)C(=O)N[C@@H](CCC(N)=O)C(=O)N[C@H](C(=O)N[C@@H](C)C(=O)N[C@@H](CC(C)C)C(=O)N[C@H](C(=O)N[C@@H](CCC(=O)O)C(=O)O)C(C)C)[C@@H](C)O. The molecule has 0 spiro atoms. The number of unbranched alkanes of at least 4 members (excludes halogenated alkanes) is 2. The monoisotopic (exact) mass is 1310 g/mol. The summed E-state index contributed by atoms with van der Waals surface area (Å²) in [5.41, 5.74) is 39.1. The van der Waals surface area contributed by atoms with Crippen LogP contribution in [0, 0.1) is 17.8 Å². The zero-order valence-corrected chi connectivity index (χ0v) is 54.1. The van der Waals surface area contributed by atoms with Gasteiger partial charge in [-0.1, -0.05) is 48.0 Å². The lowest BCUT2D eigenvalue weighted by molar-refractivity contribution is -0.144. The largest absolute Gasteiger partial charge is 0.481 e. The lowest BCUT2D eigenvalue weighted by Crippen LogP contribution is -2.62. The number of carboxylic acids is 2. The van der Waals surface area contributed by atoms with Gasteiger partial charge in [-0.15, -0.1) is 0 Å². The molecule has 0 saturated heterocycles. The van der Waals surface area contributed by atoms with E-state index in [9.17, 15) is 77.3 Å². The van der Waals surface area contributed by atoms with Crippen LogP contribution >= 0.6 is 0 Å². The first kappa shape index (κ1) is 83.7. The second-order valence-corrected chi connectivity index (χ2v) is 23.5. The Kier molecular flexibility index (Phi) is 40.2. The van der Waals surface area contributed by atoms with E-state index in [0.717, 1.165) is 6.92 Å². The number of nitrogens with zero attached hydrogens (tertiary/aromatic N) is 1. The summed E-state index contributed by atoms with van der Waals surface area (Å²) >= 11 is 0. The van der Waals surface area contributed by atoms with Crippen LogP contribution in [0.2, 0.25) is 0 Å². The van der Waals surface area contributed by atoms with Gasteiger partial charge in [0.15, 0.2) is 5.96 Å². The van der Waals surface area contributed by atoms with Crippen molar-refractivity contribution in [3.05, 3.63) is 0 Å². The molecule has 0 unspecified atom stereocenters. The molecule has 35 nitrogen and oxygen atoms in total. The van der Waals surface area contributed by atoms with Crippen LogP contribution in [0.25, 0.3) is 0 Å². The fourth-order valence-electron chi connectivity index (χ4n) is 8.93. The molecule has 0 fully saturated rings. The van der Waals surface area contributed by atoms with Crippen molar-refractivity contribution in [1.82, 2.24) is 53.2 Å². The van der Waals surface area contributed by atoms with Gasteiger partial charge in [-0.25, -0.2) is 4.79 Å². The number of aliphatic hydroxyl groups excluding tert-OH is 1. The van der Waals surface area contributed by atoms with E-state index in [1.807, 2.05) is 0 Å². The van der Waals surface area contributed by atoms with Crippen molar-refractivity contribution in [2.45, 2.75) is 231 Å². The number of guanidine groups is 1. The van der Waals surface area contributed by atoms with E-state index in [0.29, 0.717) is 25.7 Å². The Morgan fingerprint density at radius 3 is 1.24 bits per heavy atom. The van der Waals surface area contributed by atoms with Crippen LogP contribution in [-0.2, 0) is 67.1 Å². The molecule has 0 aliphatic heterocycles. The highest BCUT2D eigenvalue weighted by Crippen LogP contribution is 2.15. The minimum absolute atomic E-state index is 0.00814. The van der Waals surface area contributed by atoms with Gasteiger partial charge in [0, 0.05) is 25.8 Å². The topological polar surface area (TPSA) is 614 Å². The maximum Gasteiger partial charge on any atom is 0.326 e. The maximum absolute atomic E-state index is 14.4. The van der Waals surface area contributed by atoms with Crippen molar-refractivity contribution < 1.29 is 82.4 Å². The van der Waals surface area contributed by atoms with E-state index in [2.05, 4.69) is 58.2 Å². The van der Waals surface area contributed by atoms with Crippen LogP contribution in [-0.4, -0.2) is 196 Å². The summed E-state index contributed by atoms with van der Waals surface area (Å²) in [6, 6.07) is -16.1. The fraction of sp³-hybridized carbons (Fsp3) is 0.737. The van der Waals surface area contributed by atoms with Crippen molar-refractivity contribution in [3.63, 3.8) is 0 Å². The van der Waals surface area contributed by atoms with E-state index in [1.165, 1.54) is 6.92 Å². The van der Waals surface area contributed by atoms with Gasteiger partial charge in [-0.3, -0.25) is 67.3 Å². The second kappa shape index (κ2) is 44.2. The normalized spacial score (nSPS) is 15.4. The van der Waals surface area contributed by atoms with Gasteiger partial charge in [0.05, 0.1) is 12.1 Å². The summed E-state index contributed by atoms with van der Waals surface area (Å²) in [7, 11) is 0. The predicted octanol–water partition coefficient (Wildman–Crippen LogP) is -5.90. The Labute approximate surface area is 536 Å². The number of aliphatic carboxylic acids is 2. The molecule has 0 aromatic heterocycles. The molecule has 0 radical (unpaired) electrons. The first-order valence-corrected chi connectivity index (χ1v) is 31.0. The minimum atomic E-state index is -1.85. The van der Waals surface area contributed by atoms with Gasteiger partial charge >= 0.3 is 11.9 Å². The number of amides is 12. The Bertz CT molecular complexity index is 2500. The van der Waals surface area contributed by atoms with E-state index >= 15 is 0 Å². The smallest absolute Gasteiger partial charge is 0.326 e. The van der Waals surface area contributed by atoms with E-state index in [1.54, 1.807) is 41.5 Å². The molecule has 0 heterocycles. The summed E-state index contributed by atoms with van der Waals surface area (Å²) < 4.78 is 0. The first-order chi connectivity index (χ1) is 43.0. The quantitative estimate of drug-likeness (QED) is 0.0153. The van der Waals surface area contributed by atoms with Crippen LogP contribution < -0.4 is 93.3 Å². The van der Waals surface area contributed by atoms with E-state index < -0.39 is 193 Å². The van der Waals surface area contributed by atoms with Gasteiger partial charge in [-0.05, 0) is 122 Å². The van der Waals surface area contributed by atoms with E-state index in [-0.39, 0.29) is 82.9 Å². The molecular formula is C57H104N18O17. The van der Waals surface area contributed by atoms with Crippen molar-refractivity contribution >= 4 is 88.8 Å². The molecule has 524 valence electrons. The Hall–Kier alpha value is -8.31. The number of carbonyl (C=O) groups excluding carboxylic acids is 12. The highest BCUT2D eigenvalue weighted by Gasteiger charge is 2.38. The number of aliphatic imine (C=N–C) groups is 1. The van der Waals surface area contributed by atoms with Crippen molar-refractivity contribution in [2.75, 3.05) is 19.6 Å². The molecule has 0 aromatic carbocycles. The summed E-state index contributed by atoms with van der Waals surface area (Å²) in [4.78, 5) is 189. The first-order valence-electron chi connectivity index (χ1n) is 31.0. The number of nitrogens with one attached hydrogen (secondary N) is 10. The third kappa shape index (κ3) is 33.7. The third-order valence-electron chi connectivity index (χ3n) is 14.5. The molecule has 0 saturated carbocycles. The molecule has 0 rings (SSSR count). The lowest BCUT2D eigenvalue weighted by Gasteiger charge is -2.30. The van der Waals surface area contributed by atoms with Gasteiger partial charge in [0.2, 0.25) is 70.9 Å². The lowest BCUT2D eigenvalue weighted by atomic mass is 9.96. The molecule has 92 heavy (non-hydrogen) atoms. The van der Waals surface area contributed by atoms with Crippen LogP contribution in [0.15, 0.2) is 4.99 Å². The van der Waals surface area contributed by atoms with Crippen LogP contribution in [0.4, 0.5) is 0 Å². The summed E-state index contributed by atoms with van der Waals surface area (Å²) in [6.07, 6.45) is -2.50. The number of hydrogen-bond acceptors (Lipinski definition) is 19. The Balaban J connectivity index is 6.80. The third-order valence-corrected chi connectivity index (χ3v) is 14.5. The fourth-order valence-corrected chi connectivity index (χ4v) is 8.93. The van der Waals surface area contributed by atoms with Gasteiger partial charge < -0.3 is 109 Å². The second-order valence-electron chi connectivity index (χ2n) is 23.5. The maximum atomic E-state index is 14.4. The van der Waals surface area contributed by atoms with Gasteiger partial charge in [0.1, 0.15) is 60.4 Å². The average Bonchev–Trinajstić information content (AvgIpc) is 1.43. The van der Waals surface area contributed by atoms with Crippen LogP contribution in [0.5, 0.6) is 0 Å². The minimum Gasteiger partial charge on any atom is -0.481 e. The average molecular weight is 1310 g/mol. The molecule has 0 bridgehead atoms. The molecule has 13 atom stereocenters. The summed E-state index contributed by atoms with van der Waals surface area (Å²) in [5, 5.41) is 54.3. The number of aliphatic hydroxyl groups is 1. The van der Waals surface area contributed by atoms with Crippen LogP contribution in [0.1, 0.15) is 158 Å². The number of nitrogens with two attached hydrogens (primary N) is 7. The molecule has 0 aromatic rings. The number of hydrogen-bond donors (Lipinski definition) is 20. The number of rotatable bonds is 48. The zero-order chi connectivity index (χ0) is 70.5. The van der Waals surface area contributed by atoms with Crippen molar-refractivity contribution in [1.29, 1.82) is 0 Å². The number of primary amides is 2. The molecule has 35 heteroatoms. The van der Waals surface area contributed by atoms with Crippen molar-refractivity contribution in [3.8, 4) is 0 Å². The standard InChI is InChI=1S/C57H104N18O17/c1-9-30(6)44(74-50(85)36(18-21-40(61)77)67-47(82)33(60)15-14-26-65-57(63)64)54(89)70-35(17-11-13-25-59)49(84)68-34(16-10-12-24-58)48(83)69-37(19-22-41(62)78)51(86)75-45(32(8)76)55(90)66-31(7)46(81)72-39(27-28(2)3)52(87)73-43(29(4)5)53(88)71-38(56(91)92)20-23-42(79)80/h28-39,43-45,76H,9-27,58-60H2,1-8H3,(H2,61,77)(H2,62,78)(H,66,90)(H,67,82)(H,68,84)(H,69,83)(H,70,89)(H,71,88)(H,72,81)(H,73,87)(H,74,85)(H,75,86)(H,79,80)(H,91,92)(H4,63,64,65)/t30-,31-,32+,33-,34-,35-,36-,37-,38-,39-,43-,44-,45-/m0/s1.